The highest BCUT2D eigenvalue weighted by molar-refractivity contribution is 5.74. The Morgan fingerprint density at radius 1 is 1.38 bits per heavy atom. The molecule has 24 heavy (non-hydrogen) atoms. The molecule has 2 rings (SSSR count). The average Bonchev–Trinajstić information content (AvgIpc) is 2.53. The number of nitrogens with one attached hydrogen (secondary N) is 1. The van der Waals surface area contributed by atoms with Crippen LogP contribution >= 0.6 is 0 Å². The quantitative estimate of drug-likeness (QED) is 0.841. The van der Waals surface area contributed by atoms with E-state index in [-0.39, 0.29) is 12.1 Å². The smallest absolute Gasteiger partial charge is 0.317 e. The van der Waals surface area contributed by atoms with Crippen LogP contribution in [0.5, 0.6) is 0 Å². The molecular weight excluding hydrogens is 302 g/mol. The Balaban J connectivity index is 1.86. The second kappa shape index (κ2) is 8.49. The van der Waals surface area contributed by atoms with Crippen molar-refractivity contribution in [2.75, 3.05) is 26.2 Å². The summed E-state index contributed by atoms with van der Waals surface area (Å²) in [5.41, 5.74) is 0.431. The summed E-state index contributed by atoms with van der Waals surface area (Å²) in [7, 11) is 0. The minimum absolute atomic E-state index is 0.0776. The Kier molecular flexibility index (Phi) is 6.63. The molecule has 2 N–H and O–H groups in total. The van der Waals surface area contributed by atoms with Gasteiger partial charge in [0.05, 0.1) is 12.1 Å². The van der Waals surface area contributed by atoms with Crippen molar-refractivity contribution in [3.8, 4) is 0 Å². The molecule has 1 aliphatic rings. The Morgan fingerprint density at radius 2 is 2.08 bits per heavy atom. The molecule has 1 aromatic rings. The van der Waals surface area contributed by atoms with Crippen LogP contribution in [0.15, 0.2) is 30.3 Å². The number of rotatable bonds is 6. The number of piperidine rings is 1. The number of likely N-dealkylation sites (N-methyl/N-ethyl adjacent to an activating group) is 1. The fourth-order valence-electron chi connectivity index (χ4n) is 3.22. The SMILES string of the molecule is CCN(CC(C)(C)O)C(=O)NC1CCCN(Cc2ccccc2)C1. The molecule has 134 valence electrons. The lowest BCUT2D eigenvalue weighted by molar-refractivity contribution is 0.0468. The van der Waals surface area contributed by atoms with Crippen molar-refractivity contribution >= 4 is 6.03 Å². The largest absolute Gasteiger partial charge is 0.389 e. The fraction of sp³-hybridized carbons (Fsp3) is 0.632. The molecule has 1 fully saturated rings. The van der Waals surface area contributed by atoms with Crippen LogP contribution in [0, 0.1) is 0 Å². The van der Waals surface area contributed by atoms with E-state index in [1.54, 1.807) is 18.7 Å². The van der Waals surface area contributed by atoms with Gasteiger partial charge in [0.1, 0.15) is 0 Å². The summed E-state index contributed by atoms with van der Waals surface area (Å²) >= 11 is 0. The number of hydrogen-bond acceptors (Lipinski definition) is 3. The molecule has 1 aromatic carbocycles. The van der Waals surface area contributed by atoms with Gasteiger partial charge in [-0.2, -0.15) is 0 Å². The first kappa shape index (κ1) is 18.7. The van der Waals surface area contributed by atoms with E-state index in [0.717, 1.165) is 32.5 Å². The number of urea groups is 1. The van der Waals surface area contributed by atoms with Crippen LogP contribution in [0.4, 0.5) is 4.79 Å². The summed E-state index contributed by atoms with van der Waals surface area (Å²) in [6.45, 7) is 9.20. The Hall–Kier alpha value is -1.59. The number of amides is 2. The predicted molar refractivity (Wildman–Crippen MR) is 96.8 cm³/mol. The number of carbonyl (C=O) groups excluding carboxylic acids is 1. The molecule has 1 saturated heterocycles. The average molecular weight is 333 g/mol. The van der Waals surface area contributed by atoms with Crippen LogP contribution in [0.2, 0.25) is 0 Å². The third-order valence-electron chi connectivity index (χ3n) is 4.33. The number of nitrogens with zero attached hydrogens (tertiary/aromatic N) is 2. The third-order valence-corrected chi connectivity index (χ3v) is 4.33. The van der Waals surface area contributed by atoms with Crippen molar-refractivity contribution in [1.82, 2.24) is 15.1 Å². The van der Waals surface area contributed by atoms with Gasteiger partial charge in [-0.15, -0.1) is 0 Å². The maximum Gasteiger partial charge on any atom is 0.317 e. The molecule has 0 spiro atoms. The molecule has 5 nitrogen and oxygen atoms in total. The van der Waals surface area contributed by atoms with Gasteiger partial charge in [-0.05, 0) is 45.7 Å². The lowest BCUT2D eigenvalue weighted by Crippen LogP contribution is -2.53. The second-order valence-electron chi connectivity index (χ2n) is 7.34. The van der Waals surface area contributed by atoms with E-state index in [1.807, 2.05) is 13.0 Å². The molecule has 5 heteroatoms. The van der Waals surface area contributed by atoms with Gasteiger partial charge >= 0.3 is 6.03 Å². The van der Waals surface area contributed by atoms with Crippen molar-refractivity contribution in [3.05, 3.63) is 35.9 Å². The van der Waals surface area contributed by atoms with Gasteiger partial charge in [0.15, 0.2) is 0 Å². The van der Waals surface area contributed by atoms with Crippen molar-refractivity contribution < 1.29 is 9.90 Å². The van der Waals surface area contributed by atoms with Crippen molar-refractivity contribution in [1.29, 1.82) is 0 Å². The zero-order valence-corrected chi connectivity index (χ0v) is 15.2. The molecule has 1 heterocycles. The minimum Gasteiger partial charge on any atom is -0.389 e. The number of carbonyl (C=O) groups is 1. The zero-order chi connectivity index (χ0) is 17.6. The maximum atomic E-state index is 12.5. The van der Waals surface area contributed by atoms with E-state index in [9.17, 15) is 9.90 Å². The van der Waals surface area contributed by atoms with Crippen LogP contribution < -0.4 is 5.32 Å². The summed E-state index contributed by atoms with van der Waals surface area (Å²) in [5, 5.41) is 13.1. The summed E-state index contributed by atoms with van der Waals surface area (Å²) in [5.74, 6) is 0. The van der Waals surface area contributed by atoms with Gasteiger partial charge in [-0.3, -0.25) is 4.90 Å². The molecule has 0 radical (unpaired) electrons. The van der Waals surface area contributed by atoms with E-state index in [1.165, 1.54) is 5.56 Å². The molecule has 1 atom stereocenters. The van der Waals surface area contributed by atoms with Gasteiger partial charge in [0, 0.05) is 25.7 Å². The van der Waals surface area contributed by atoms with Gasteiger partial charge in [0.2, 0.25) is 0 Å². The normalized spacial score (nSPS) is 19.1. The lowest BCUT2D eigenvalue weighted by atomic mass is 10.0. The molecule has 0 aliphatic carbocycles. The van der Waals surface area contributed by atoms with Gasteiger partial charge in [-0.1, -0.05) is 30.3 Å². The molecular formula is C19H31N3O2. The lowest BCUT2D eigenvalue weighted by Gasteiger charge is -2.35. The highest BCUT2D eigenvalue weighted by Gasteiger charge is 2.25. The topological polar surface area (TPSA) is 55.8 Å². The van der Waals surface area contributed by atoms with E-state index >= 15 is 0 Å². The Labute approximate surface area is 145 Å². The summed E-state index contributed by atoms with van der Waals surface area (Å²) in [6, 6.07) is 10.5. The van der Waals surface area contributed by atoms with E-state index in [4.69, 9.17) is 0 Å². The van der Waals surface area contributed by atoms with Crippen LogP contribution in [-0.2, 0) is 6.54 Å². The van der Waals surface area contributed by atoms with Gasteiger partial charge in [0.25, 0.3) is 0 Å². The van der Waals surface area contributed by atoms with Crippen LogP contribution in [0.25, 0.3) is 0 Å². The van der Waals surface area contributed by atoms with E-state index < -0.39 is 5.60 Å². The first-order valence-corrected chi connectivity index (χ1v) is 8.91. The number of aliphatic hydroxyl groups is 1. The number of benzene rings is 1. The van der Waals surface area contributed by atoms with Crippen molar-refractivity contribution in [2.24, 2.45) is 0 Å². The molecule has 0 saturated carbocycles. The standard InChI is InChI=1S/C19H31N3O2/c1-4-22(15-19(2,3)24)18(23)20-17-11-8-12-21(14-17)13-16-9-6-5-7-10-16/h5-7,9-10,17,24H,4,8,11-15H2,1-3H3,(H,20,23). The molecule has 0 aromatic heterocycles. The van der Waals surface area contributed by atoms with Crippen LogP contribution in [0.1, 0.15) is 39.2 Å². The molecule has 1 aliphatic heterocycles. The van der Waals surface area contributed by atoms with Gasteiger partial charge < -0.3 is 15.3 Å². The third kappa shape index (κ3) is 6.13. The number of hydrogen-bond donors (Lipinski definition) is 2. The second-order valence-corrected chi connectivity index (χ2v) is 7.34. The number of likely N-dealkylation sites (tertiary alicyclic amines) is 1. The highest BCUT2D eigenvalue weighted by Crippen LogP contribution is 2.14. The van der Waals surface area contributed by atoms with E-state index in [0.29, 0.717) is 13.1 Å². The van der Waals surface area contributed by atoms with Crippen LogP contribution in [-0.4, -0.2) is 58.8 Å². The molecule has 2 amide bonds. The Bertz CT molecular complexity index is 513. The van der Waals surface area contributed by atoms with Crippen molar-refractivity contribution in [2.45, 2.75) is 51.8 Å². The minimum atomic E-state index is -0.876. The fourth-order valence-corrected chi connectivity index (χ4v) is 3.22. The monoisotopic (exact) mass is 333 g/mol. The molecule has 0 bridgehead atoms. The highest BCUT2D eigenvalue weighted by atomic mass is 16.3. The zero-order valence-electron chi connectivity index (χ0n) is 15.2. The summed E-state index contributed by atoms with van der Waals surface area (Å²) < 4.78 is 0. The molecule has 1 unspecified atom stereocenters. The maximum absolute atomic E-state index is 12.5. The van der Waals surface area contributed by atoms with Crippen molar-refractivity contribution in [3.63, 3.8) is 0 Å². The predicted octanol–water partition coefficient (Wildman–Crippen LogP) is 2.45. The summed E-state index contributed by atoms with van der Waals surface area (Å²) in [6.07, 6.45) is 2.10. The Morgan fingerprint density at radius 3 is 2.71 bits per heavy atom. The first-order chi connectivity index (χ1) is 11.4. The summed E-state index contributed by atoms with van der Waals surface area (Å²) in [4.78, 5) is 16.5. The first-order valence-electron chi connectivity index (χ1n) is 8.91. The van der Waals surface area contributed by atoms with Gasteiger partial charge in [-0.25, -0.2) is 4.79 Å². The van der Waals surface area contributed by atoms with Crippen LogP contribution in [0.3, 0.4) is 0 Å². The van der Waals surface area contributed by atoms with E-state index in [2.05, 4.69) is 34.5 Å².